The van der Waals surface area contributed by atoms with E-state index in [2.05, 4.69) is 4.98 Å². The van der Waals surface area contributed by atoms with Crippen LogP contribution in [0.25, 0.3) is 11.1 Å². The molecule has 0 aromatic carbocycles. The first-order valence-electron chi connectivity index (χ1n) is 6.54. The molecule has 3 rings (SSSR count). The molecule has 2 aromatic rings. The number of hydrogen-bond donors (Lipinski definition) is 0. The van der Waals surface area contributed by atoms with E-state index in [4.69, 9.17) is 4.42 Å². The van der Waals surface area contributed by atoms with Gasteiger partial charge in [0.05, 0.1) is 0 Å². The number of aromatic nitrogens is 1. The van der Waals surface area contributed by atoms with Gasteiger partial charge in [0, 0.05) is 45.4 Å². The Morgan fingerprint density at radius 2 is 1.90 bits per heavy atom. The molecule has 0 spiro atoms. The summed E-state index contributed by atoms with van der Waals surface area (Å²) in [5.74, 6) is 0.200. The van der Waals surface area contributed by atoms with E-state index in [0.29, 0.717) is 43.0 Å². The minimum absolute atomic E-state index is 0.0463. The van der Waals surface area contributed by atoms with Crippen LogP contribution in [-0.4, -0.2) is 52.8 Å². The number of hydrogen-bond acceptors (Lipinski definition) is 4. The third kappa shape index (κ3) is 2.24. The summed E-state index contributed by atoms with van der Waals surface area (Å²) in [5.41, 5.74) is 1.29. The Morgan fingerprint density at radius 3 is 2.55 bits per heavy atom. The summed E-state index contributed by atoms with van der Waals surface area (Å²) in [6, 6.07) is 5.22. The normalized spacial score (nSPS) is 15.7. The van der Waals surface area contributed by atoms with E-state index in [0.717, 1.165) is 0 Å². The molecule has 20 heavy (non-hydrogen) atoms. The lowest BCUT2D eigenvalue weighted by Gasteiger charge is -2.33. The smallest absolute Gasteiger partial charge is 0.289 e. The zero-order chi connectivity index (χ0) is 14.1. The third-order valence-electron chi connectivity index (χ3n) is 3.51. The molecule has 0 bridgehead atoms. The zero-order valence-electron chi connectivity index (χ0n) is 11.2. The Kier molecular flexibility index (Phi) is 3.14. The van der Waals surface area contributed by atoms with Crippen LogP contribution < -0.4 is 0 Å². The van der Waals surface area contributed by atoms with Crippen LogP contribution in [0.3, 0.4) is 0 Å². The molecular formula is C14H15N3O3. The van der Waals surface area contributed by atoms with E-state index in [1.165, 1.54) is 0 Å². The molecule has 6 nitrogen and oxygen atoms in total. The first-order valence-corrected chi connectivity index (χ1v) is 6.54. The van der Waals surface area contributed by atoms with E-state index < -0.39 is 0 Å². The highest BCUT2D eigenvalue weighted by Crippen LogP contribution is 2.18. The van der Waals surface area contributed by atoms with Gasteiger partial charge in [-0.2, -0.15) is 0 Å². The monoisotopic (exact) mass is 273 g/mol. The van der Waals surface area contributed by atoms with Gasteiger partial charge in [-0.25, -0.2) is 0 Å². The lowest BCUT2D eigenvalue weighted by molar-refractivity contribution is -0.130. The van der Waals surface area contributed by atoms with Crippen molar-refractivity contribution in [2.24, 2.45) is 0 Å². The van der Waals surface area contributed by atoms with Crippen molar-refractivity contribution in [2.75, 3.05) is 26.2 Å². The highest BCUT2D eigenvalue weighted by molar-refractivity contribution is 5.95. The van der Waals surface area contributed by atoms with Crippen LogP contribution >= 0.6 is 0 Å². The fourth-order valence-electron chi connectivity index (χ4n) is 2.36. The minimum atomic E-state index is -0.147. The molecular weight excluding hydrogens is 258 g/mol. The molecule has 1 aliphatic rings. The summed E-state index contributed by atoms with van der Waals surface area (Å²) in [6.45, 7) is 3.74. The molecule has 2 amide bonds. The molecule has 3 heterocycles. The van der Waals surface area contributed by atoms with E-state index in [-0.39, 0.29) is 11.8 Å². The van der Waals surface area contributed by atoms with Gasteiger partial charge in [0.15, 0.2) is 11.3 Å². The molecule has 1 saturated heterocycles. The Balaban J connectivity index is 1.75. The largest absolute Gasteiger partial charge is 0.449 e. The Labute approximate surface area is 116 Å². The number of furan rings is 1. The predicted octanol–water partition coefficient (Wildman–Crippen LogP) is 1.13. The number of piperazine rings is 1. The van der Waals surface area contributed by atoms with Gasteiger partial charge in [0.2, 0.25) is 5.91 Å². The Morgan fingerprint density at radius 1 is 1.20 bits per heavy atom. The number of fused-ring (bicyclic) bond motifs is 1. The van der Waals surface area contributed by atoms with Crippen molar-refractivity contribution in [3.05, 3.63) is 30.2 Å². The average molecular weight is 273 g/mol. The number of carbonyl (C=O) groups is 2. The van der Waals surface area contributed by atoms with Crippen molar-refractivity contribution < 1.29 is 14.0 Å². The summed E-state index contributed by atoms with van der Waals surface area (Å²) in [4.78, 5) is 31.2. The van der Waals surface area contributed by atoms with Crippen LogP contribution in [0.2, 0.25) is 0 Å². The quantitative estimate of drug-likeness (QED) is 0.781. The van der Waals surface area contributed by atoms with E-state index in [9.17, 15) is 9.59 Å². The summed E-state index contributed by atoms with van der Waals surface area (Å²) < 4.78 is 5.52. The van der Waals surface area contributed by atoms with Gasteiger partial charge in [-0.1, -0.05) is 0 Å². The number of carbonyl (C=O) groups excluding carboxylic acids is 2. The third-order valence-corrected chi connectivity index (χ3v) is 3.51. The molecule has 104 valence electrons. The fraction of sp³-hybridized carbons (Fsp3) is 0.357. The molecule has 0 unspecified atom stereocenters. The minimum Gasteiger partial charge on any atom is -0.449 e. The lowest BCUT2D eigenvalue weighted by Crippen LogP contribution is -2.50. The second kappa shape index (κ2) is 4.96. The summed E-state index contributed by atoms with van der Waals surface area (Å²) >= 11 is 0. The van der Waals surface area contributed by atoms with Crippen molar-refractivity contribution in [3.8, 4) is 0 Å². The van der Waals surface area contributed by atoms with Crippen molar-refractivity contribution in [2.45, 2.75) is 6.92 Å². The van der Waals surface area contributed by atoms with Gasteiger partial charge < -0.3 is 14.2 Å². The summed E-state index contributed by atoms with van der Waals surface area (Å²) in [7, 11) is 0. The molecule has 0 radical (unpaired) electrons. The number of rotatable bonds is 1. The number of pyridine rings is 1. The van der Waals surface area contributed by atoms with Gasteiger partial charge in [0.25, 0.3) is 5.91 Å². The maximum absolute atomic E-state index is 12.3. The number of amides is 2. The summed E-state index contributed by atoms with van der Waals surface area (Å²) in [6.07, 6.45) is 1.66. The Bertz CT molecular complexity index is 623. The molecule has 0 N–H and O–H groups in total. The number of nitrogens with zero attached hydrogens (tertiary/aromatic N) is 3. The zero-order valence-corrected chi connectivity index (χ0v) is 11.2. The maximum Gasteiger partial charge on any atom is 0.289 e. The lowest BCUT2D eigenvalue weighted by atomic mass is 10.3. The molecule has 6 heteroatoms. The van der Waals surface area contributed by atoms with Crippen molar-refractivity contribution in [3.63, 3.8) is 0 Å². The Hall–Kier alpha value is -2.37. The average Bonchev–Trinajstić information content (AvgIpc) is 2.90. The van der Waals surface area contributed by atoms with Gasteiger partial charge in [-0.15, -0.1) is 0 Å². The molecule has 1 fully saturated rings. The van der Waals surface area contributed by atoms with E-state index in [1.54, 1.807) is 41.1 Å². The van der Waals surface area contributed by atoms with Crippen LogP contribution in [0, 0.1) is 0 Å². The van der Waals surface area contributed by atoms with Crippen LogP contribution in [0.1, 0.15) is 17.5 Å². The SMILES string of the molecule is CC(=O)N1CCN(C(=O)c2cc3ncccc3o2)CC1. The second-order valence-electron chi connectivity index (χ2n) is 4.80. The predicted molar refractivity (Wildman–Crippen MR) is 72.2 cm³/mol. The molecule has 0 atom stereocenters. The van der Waals surface area contributed by atoms with Crippen molar-refractivity contribution in [1.82, 2.24) is 14.8 Å². The van der Waals surface area contributed by atoms with Gasteiger partial charge in [-0.3, -0.25) is 14.6 Å². The van der Waals surface area contributed by atoms with Crippen LogP contribution in [0.5, 0.6) is 0 Å². The van der Waals surface area contributed by atoms with Gasteiger partial charge in [0.1, 0.15) is 5.52 Å². The standard InChI is InChI=1S/C14H15N3O3/c1-10(18)16-5-7-17(8-6-16)14(19)13-9-11-12(20-13)3-2-4-15-11/h2-4,9H,5-8H2,1H3. The van der Waals surface area contributed by atoms with Crippen LogP contribution in [0.4, 0.5) is 0 Å². The first-order chi connectivity index (χ1) is 9.65. The maximum atomic E-state index is 12.3. The second-order valence-corrected chi connectivity index (χ2v) is 4.80. The summed E-state index contributed by atoms with van der Waals surface area (Å²) in [5, 5.41) is 0. The molecule has 2 aromatic heterocycles. The van der Waals surface area contributed by atoms with Crippen molar-refractivity contribution in [1.29, 1.82) is 0 Å². The highest BCUT2D eigenvalue weighted by Gasteiger charge is 2.25. The van der Waals surface area contributed by atoms with Crippen LogP contribution in [-0.2, 0) is 4.79 Å². The molecule has 0 saturated carbocycles. The van der Waals surface area contributed by atoms with Crippen molar-refractivity contribution >= 4 is 22.9 Å². The fourth-order valence-corrected chi connectivity index (χ4v) is 2.36. The van der Waals surface area contributed by atoms with Gasteiger partial charge in [-0.05, 0) is 12.1 Å². The molecule has 0 aliphatic carbocycles. The molecule has 1 aliphatic heterocycles. The first kappa shape index (κ1) is 12.7. The van der Waals surface area contributed by atoms with Crippen LogP contribution in [0.15, 0.2) is 28.8 Å². The van der Waals surface area contributed by atoms with E-state index >= 15 is 0 Å². The highest BCUT2D eigenvalue weighted by atomic mass is 16.3. The van der Waals surface area contributed by atoms with Gasteiger partial charge >= 0.3 is 0 Å². The topological polar surface area (TPSA) is 66.7 Å². The van der Waals surface area contributed by atoms with E-state index in [1.807, 2.05) is 0 Å².